The summed E-state index contributed by atoms with van der Waals surface area (Å²) in [6.45, 7) is 2.75. The molecule has 0 spiro atoms. The van der Waals surface area contributed by atoms with E-state index in [9.17, 15) is 4.79 Å². The van der Waals surface area contributed by atoms with Gasteiger partial charge in [-0.05, 0) is 44.6 Å². The lowest BCUT2D eigenvalue weighted by Crippen LogP contribution is -2.56. The Morgan fingerprint density at radius 1 is 1.32 bits per heavy atom. The average Bonchev–Trinajstić information content (AvgIpc) is 3.29. The molecule has 5 nitrogen and oxygen atoms in total. The molecule has 1 N–H and O–H groups in total. The normalized spacial score (nSPS) is 23.9. The van der Waals surface area contributed by atoms with Crippen LogP contribution in [0.5, 0.6) is 0 Å². The van der Waals surface area contributed by atoms with E-state index in [0.717, 1.165) is 38.9 Å². The van der Waals surface area contributed by atoms with Crippen molar-refractivity contribution in [3.8, 4) is 0 Å². The number of hydrogen-bond acceptors (Lipinski definition) is 5. The molecule has 0 bridgehead atoms. The van der Waals surface area contributed by atoms with Crippen molar-refractivity contribution in [1.82, 2.24) is 5.32 Å². The highest BCUT2D eigenvalue weighted by atomic mass is 16.5. The van der Waals surface area contributed by atoms with E-state index in [1.165, 1.54) is 7.11 Å². The Balaban J connectivity index is 1.84. The van der Waals surface area contributed by atoms with Gasteiger partial charge in [-0.3, -0.25) is 0 Å². The summed E-state index contributed by atoms with van der Waals surface area (Å²) >= 11 is 0. The first-order valence-corrected chi connectivity index (χ1v) is 7.15. The molecule has 5 heteroatoms. The van der Waals surface area contributed by atoms with Crippen LogP contribution in [0, 0.1) is 11.8 Å². The summed E-state index contributed by atoms with van der Waals surface area (Å²) < 4.78 is 16.1. The predicted octanol–water partition coefficient (Wildman–Crippen LogP) is 0.971. The van der Waals surface area contributed by atoms with Crippen LogP contribution in [0.25, 0.3) is 0 Å². The van der Waals surface area contributed by atoms with Crippen molar-refractivity contribution in [3.63, 3.8) is 0 Å². The first-order valence-electron chi connectivity index (χ1n) is 7.15. The molecule has 0 aromatic carbocycles. The average molecular weight is 271 g/mol. The minimum Gasteiger partial charge on any atom is -0.468 e. The Bertz CT molecular complexity index is 300. The molecule has 2 rings (SSSR count). The fourth-order valence-corrected chi connectivity index (χ4v) is 2.78. The van der Waals surface area contributed by atoms with Crippen LogP contribution < -0.4 is 5.32 Å². The van der Waals surface area contributed by atoms with Gasteiger partial charge in [-0.2, -0.15) is 0 Å². The molecular weight excluding hydrogens is 246 g/mol. The third kappa shape index (κ3) is 3.46. The van der Waals surface area contributed by atoms with Gasteiger partial charge in [0.2, 0.25) is 0 Å². The molecule has 0 aromatic heterocycles. The standard InChI is InChI=1S/C14H25NO4/c1-15-14(12-3-4-12,13(16)17-2)10-19-9-11-5-7-18-8-6-11/h11-12,15H,3-10H2,1-2H3. The molecule has 19 heavy (non-hydrogen) atoms. The van der Waals surface area contributed by atoms with Gasteiger partial charge in [0.1, 0.15) is 5.54 Å². The van der Waals surface area contributed by atoms with Crippen molar-refractivity contribution in [2.45, 2.75) is 31.2 Å². The molecule has 2 fully saturated rings. The molecule has 1 heterocycles. The number of carbonyl (C=O) groups is 1. The summed E-state index contributed by atoms with van der Waals surface area (Å²) in [5.41, 5.74) is -0.653. The van der Waals surface area contributed by atoms with E-state index < -0.39 is 5.54 Å². The fourth-order valence-electron chi connectivity index (χ4n) is 2.78. The highest BCUT2D eigenvalue weighted by molar-refractivity contribution is 5.82. The predicted molar refractivity (Wildman–Crippen MR) is 70.9 cm³/mol. The van der Waals surface area contributed by atoms with Gasteiger partial charge in [0.25, 0.3) is 0 Å². The van der Waals surface area contributed by atoms with Crippen LogP contribution in [-0.2, 0) is 19.0 Å². The first-order chi connectivity index (χ1) is 9.23. The number of rotatable bonds is 7. The largest absolute Gasteiger partial charge is 0.468 e. The van der Waals surface area contributed by atoms with Gasteiger partial charge in [-0.1, -0.05) is 0 Å². The molecule has 1 saturated heterocycles. The highest BCUT2D eigenvalue weighted by Crippen LogP contribution is 2.40. The summed E-state index contributed by atoms with van der Waals surface area (Å²) in [4.78, 5) is 12.0. The summed E-state index contributed by atoms with van der Waals surface area (Å²) in [5, 5.41) is 3.14. The van der Waals surface area contributed by atoms with Crippen LogP contribution in [-0.4, -0.2) is 52.1 Å². The first kappa shape index (κ1) is 14.8. The zero-order valence-electron chi connectivity index (χ0n) is 11.9. The van der Waals surface area contributed by atoms with E-state index in [0.29, 0.717) is 25.0 Å². The van der Waals surface area contributed by atoms with Gasteiger partial charge >= 0.3 is 5.97 Å². The Kier molecular flexibility index (Phi) is 5.19. The van der Waals surface area contributed by atoms with Crippen LogP contribution in [0.2, 0.25) is 0 Å². The van der Waals surface area contributed by atoms with Crippen molar-refractivity contribution in [3.05, 3.63) is 0 Å². The summed E-state index contributed by atoms with van der Waals surface area (Å²) in [7, 11) is 3.25. The smallest absolute Gasteiger partial charge is 0.328 e. The lowest BCUT2D eigenvalue weighted by atomic mass is 9.94. The van der Waals surface area contributed by atoms with Crippen molar-refractivity contribution >= 4 is 5.97 Å². The van der Waals surface area contributed by atoms with E-state index in [4.69, 9.17) is 14.2 Å². The zero-order chi connectivity index (χ0) is 13.7. The van der Waals surface area contributed by atoms with Crippen LogP contribution in [0.15, 0.2) is 0 Å². The van der Waals surface area contributed by atoms with E-state index in [2.05, 4.69) is 5.32 Å². The summed E-state index contributed by atoms with van der Waals surface area (Å²) in [6.07, 6.45) is 4.23. The van der Waals surface area contributed by atoms with Gasteiger partial charge in [0.15, 0.2) is 0 Å². The molecular formula is C14H25NO4. The van der Waals surface area contributed by atoms with Crippen LogP contribution >= 0.6 is 0 Å². The number of hydrogen-bond donors (Lipinski definition) is 1. The number of likely N-dealkylation sites (N-methyl/N-ethyl adjacent to an activating group) is 1. The van der Waals surface area contributed by atoms with Crippen LogP contribution in [0.3, 0.4) is 0 Å². The van der Waals surface area contributed by atoms with E-state index in [1.807, 2.05) is 7.05 Å². The Labute approximate surface area is 115 Å². The molecule has 1 saturated carbocycles. The van der Waals surface area contributed by atoms with Crippen molar-refractivity contribution in [2.75, 3.05) is 40.6 Å². The van der Waals surface area contributed by atoms with Gasteiger partial charge in [0, 0.05) is 19.8 Å². The SMILES string of the molecule is CNC(COCC1CCOCC1)(C(=O)OC)C1CC1. The van der Waals surface area contributed by atoms with Crippen molar-refractivity contribution in [1.29, 1.82) is 0 Å². The molecule has 110 valence electrons. The van der Waals surface area contributed by atoms with Gasteiger partial charge < -0.3 is 19.5 Å². The van der Waals surface area contributed by atoms with Crippen LogP contribution in [0.4, 0.5) is 0 Å². The Morgan fingerprint density at radius 2 is 2.00 bits per heavy atom. The molecule has 1 aliphatic heterocycles. The number of carbonyl (C=O) groups excluding carboxylic acids is 1. The summed E-state index contributed by atoms with van der Waals surface area (Å²) in [6, 6.07) is 0. The van der Waals surface area contributed by atoms with Gasteiger partial charge in [-0.25, -0.2) is 4.79 Å². The molecule has 2 aliphatic rings. The maximum absolute atomic E-state index is 12.0. The molecule has 1 aliphatic carbocycles. The third-order valence-corrected chi connectivity index (χ3v) is 4.29. The molecule has 0 radical (unpaired) electrons. The second kappa shape index (κ2) is 6.68. The van der Waals surface area contributed by atoms with Crippen molar-refractivity contribution < 1.29 is 19.0 Å². The van der Waals surface area contributed by atoms with Crippen molar-refractivity contribution in [2.24, 2.45) is 11.8 Å². The topological polar surface area (TPSA) is 56.8 Å². The van der Waals surface area contributed by atoms with E-state index in [-0.39, 0.29) is 5.97 Å². The van der Waals surface area contributed by atoms with Crippen LogP contribution in [0.1, 0.15) is 25.7 Å². The van der Waals surface area contributed by atoms with E-state index >= 15 is 0 Å². The number of ether oxygens (including phenoxy) is 3. The lowest BCUT2D eigenvalue weighted by Gasteiger charge is -2.31. The second-order valence-corrected chi connectivity index (χ2v) is 5.56. The molecule has 0 aromatic rings. The minimum atomic E-state index is -0.653. The molecule has 1 atom stereocenters. The molecule has 1 unspecified atom stereocenters. The lowest BCUT2D eigenvalue weighted by molar-refractivity contribution is -0.153. The fraction of sp³-hybridized carbons (Fsp3) is 0.929. The number of esters is 1. The third-order valence-electron chi connectivity index (χ3n) is 4.29. The number of nitrogens with one attached hydrogen (secondary N) is 1. The van der Waals surface area contributed by atoms with Gasteiger partial charge in [-0.15, -0.1) is 0 Å². The highest BCUT2D eigenvalue weighted by Gasteiger charge is 2.51. The molecule has 0 amide bonds. The van der Waals surface area contributed by atoms with E-state index in [1.54, 1.807) is 0 Å². The summed E-state index contributed by atoms with van der Waals surface area (Å²) in [5.74, 6) is 0.698. The minimum absolute atomic E-state index is 0.204. The zero-order valence-corrected chi connectivity index (χ0v) is 11.9. The quantitative estimate of drug-likeness (QED) is 0.699. The Morgan fingerprint density at radius 3 is 2.53 bits per heavy atom. The Hall–Kier alpha value is -0.650. The second-order valence-electron chi connectivity index (χ2n) is 5.56. The maximum atomic E-state index is 12.0. The monoisotopic (exact) mass is 271 g/mol. The maximum Gasteiger partial charge on any atom is 0.328 e. The van der Waals surface area contributed by atoms with Gasteiger partial charge in [0.05, 0.1) is 13.7 Å². The number of methoxy groups -OCH3 is 1.